The first-order valence-electron chi connectivity index (χ1n) is 8.15. The highest BCUT2D eigenvalue weighted by Gasteiger charge is 2.29. The van der Waals surface area contributed by atoms with E-state index in [-0.39, 0.29) is 18.0 Å². The highest BCUT2D eigenvalue weighted by molar-refractivity contribution is 6.31. The third-order valence-corrected chi connectivity index (χ3v) is 4.84. The molecule has 0 aromatic heterocycles. The van der Waals surface area contributed by atoms with Crippen LogP contribution in [0.3, 0.4) is 0 Å². The lowest BCUT2D eigenvalue weighted by atomic mass is 10.0. The standard InChI is InChI=1S/C17H24ClFN2O/c1-12-11-21(7-8-22-12)16(10-20-9-13-5-6-13)17-14(18)3-2-4-15(17)19/h2-4,12-13,16,20H,5-11H2,1H3. The molecule has 1 aromatic rings. The van der Waals surface area contributed by atoms with Crippen LogP contribution in [0, 0.1) is 11.7 Å². The number of nitrogens with one attached hydrogen (secondary N) is 1. The number of nitrogens with zero attached hydrogens (tertiary/aromatic N) is 1. The summed E-state index contributed by atoms with van der Waals surface area (Å²) < 4.78 is 20.0. The Kier molecular flexibility index (Phi) is 5.34. The largest absolute Gasteiger partial charge is 0.376 e. The number of hydrogen-bond acceptors (Lipinski definition) is 3. The SMILES string of the molecule is CC1CN(C(CNCC2CC2)c2c(F)cccc2Cl)CCO1. The van der Waals surface area contributed by atoms with Gasteiger partial charge >= 0.3 is 0 Å². The zero-order valence-electron chi connectivity index (χ0n) is 13.0. The maximum Gasteiger partial charge on any atom is 0.129 e. The van der Waals surface area contributed by atoms with Crippen LogP contribution >= 0.6 is 11.6 Å². The van der Waals surface area contributed by atoms with Crippen molar-refractivity contribution in [2.45, 2.75) is 31.9 Å². The van der Waals surface area contributed by atoms with Crippen LogP contribution in [-0.4, -0.2) is 43.8 Å². The summed E-state index contributed by atoms with van der Waals surface area (Å²) in [6.07, 6.45) is 2.80. The van der Waals surface area contributed by atoms with Gasteiger partial charge < -0.3 is 10.1 Å². The van der Waals surface area contributed by atoms with Crippen molar-refractivity contribution in [2.24, 2.45) is 5.92 Å². The molecule has 1 heterocycles. The van der Waals surface area contributed by atoms with Crippen molar-refractivity contribution in [3.05, 3.63) is 34.6 Å². The minimum Gasteiger partial charge on any atom is -0.376 e. The number of halogens is 2. The van der Waals surface area contributed by atoms with Crippen molar-refractivity contribution in [3.63, 3.8) is 0 Å². The highest BCUT2D eigenvalue weighted by Crippen LogP contribution is 2.32. The lowest BCUT2D eigenvalue weighted by molar-refractivity contribution is -0.0349. The third kappa shape index (κ3) is 3.99. The van der Waals surface area contributed by atoms with E-state index < -0.39 is 0 Å². The van der Waals surface area contributed by atoms with E-state index in [2.05, 4.69) is 17.1 Å². The van der Waals surface area contributed by atoms with Crippen LogP contribution in [0.15, 0.2) is 18.2 Å². The number of benzene rings is 1. The summed E-state index contributed by atoms with van der Waals surface area (Å²) in [6, 6.07) is 4.90. The van der Waals surface area contributed by atoms with Crippen LogP contribution in [0.1, 0.15) is 31.4 Å². The zero-order valence-corrected chi connectivity index (χ0v) is 13.8. The molecule has 0 amide bonds. The zero-order chi connectivity index (χ0) is 15.5. The molecule has 0 bridgehead atoms. The second-order valence-corrected chi connectivity index (χ2v) is 6.84. The molecule has 3 nitrogen and oxygen atoms in total. The highest BCUT2D eigenvalue weighted by atomic mass is 35.5. The van der Waals surface area contributed by atoms with Gasteiger partial charge in [0, 0.05) is 30.2 Å². The van der Waals surface area contributed by atoms with Crippen molar-refractivity contribution in [1.82, 2.24) is 10.2 Å². The van der Waals surface area contributed by atoms with Crippen LogP contribution in [0.2, 0.25) is 5.02 Å². The molecule has 0 spiro atoms. The van der Waals surface area contributed by atoms with E-state index in [0.717, 1.165) is 32.1 Å². The van der Waals surface area contributed by atoms with Crippen molar-refractivity contribution < 1.29 is 9.13 Å². The number of ether oxygens (including phenoxy) is 1. The molecule has 2 fully saturated rings. The van der Waals surface area contributed by atoms with Gasteiger partial charge in [-0.15, -0.1) is 0 Å². The minimum atomic E-state index is -0.218. The van der Waals surface area contributed by atoms with Gasteiger partial charge in [0.15, 0.2) is 0 Å². The molecular formula is C17H24ClFN2O. The first-order chi connectivity index (χ1) is 10.6. The molecule has 1 saturated heterocycles. The monoisotopic (exact) mass is 326 g/mol. The summed E-state index contributed by atoms with van der Waals surface area (Å²) in [4.78, 5) is 2.29. The lowest BCUT2D eigenvalue weighted by Crippen LogP contribution is -2.46. The van der Waals surface area contributed by atoms with E-state index in [9.17, 15) is 4.39 Å². The molecule has 1 N–H and O–H groups in total. The molecule has 0 radical (unpaired) electrons. The van der Waals surface area contributed by atoms with Crippen LogP contribution in [0.5, 0.6) is 0 Å². The van der Waals surface area contributed by atoms with Gasteiger partial charge in [-0.3, -0.25) is 4.90 Å². The fourth-order valence-electron chi connectivity index (χ4n) is 3.12. The summed E-state index contributed by atoms with van der Waals surface area (Å²) in [5.74, 6) is 0.588. The third-order valence-electron chi connectivity index (χ3n) is 4.51. The Balaban J connectivity index is 1.77. The molecule has 2 unspecified atom stereocenters. The number of morpholine rings is 1. The first-order valence-corrected chi connectivity index (χ1v) is 8.53. The minimum absolute atomic E-state index is 0.0428. The van der Waals surface area contributed by atoms with Gasteiger partial charge in [0.2, 0.25) is 0 Å². The van der Waals surface area contributed by atoms with Gasteiger partial charge in [-0.05, 0) is 44.4 Å². The van der Waals surface area contributed by atoms with Crippen molar-refractivity contribution >= 4 is 11.6 Å². The fraction of sp³-hybridized carbons (Fsp3) is 0.647. The van der Waals surface area contributed by atoms with E-state index in [1.54, 1.807) is 12.1 Å². The summed E-state index contributed by atoms with van der Waals surface area (Å²) in [5, 5.41) is 4.02. The van der Waals surface area contributed by atoms with Gasteiger partial charge in [0.05, 0.1) is 18.8 Å². The normalized spacial score (nSPS) is 24.4. The molecule has 22 heavy (non-hydrogen) atoms. The van der Waals surface area contributed by atoms with Crippen LogP contribution in [0.25, 0.3) is 0 Å². The van der Waals surface area contributed by atoms with E-state index >= 15 is 0 Å². The van der Waals surface area contributed by atoms with Gasteiger partial charge in [-0.25, -0.2) is 4.39 Å². The van der Waals surface area contributed by atoms with Gasteiger partial charge in [0.25, 0.3) is 0 Å². The van der Waals surface area contributed by atoms with E-state index in [1.807, 2.05) is 0 Å². The van der Waals surface area contributed by atoms with Crippen molar-refractivity contribution in [3.8, 4) is 0 Å². The Morgan fingerprint density at radius 1 is 1.45 bits per heavy atom. The molecule has 2 atom stereocenters. The summed E-state index contributed by atoms with van der Waals surface area (Å²) >= 11 is 6.31. The molecule has 1 saturated carbocycles. The van der Waals surface area contributed by atoms with Crippen LogP contribution in [0.4, 0.5) is 4.39 Å². The molecule has 122 valence electrons. The molecular weight excluding hydrogens is 303 g/mol. The maximum absolute atomic E-state index is 14.4. The molecule has 5 heteroatoms. The molecule has 1 aliphatic heterocycles. The van der Waals surface area contributed by atoms with Gasteiger partial charge in [-0.2, -0.15) is 0 Å². The topological polar surface area (TPSA) is 24.5 Å². The Labute approximate surface area is 136 Å². The average molecular weight is 327 g/mol. The molecule has 3 rings (SSSR count). The molecule has 2 aliphatic rings. The van der Waals surface area contributed by atoms with E-state index in [4.69, 9.17) is 16.3 Å². The summed E-state index contributed by atoms with van der Waals surface area (Å²) in [7, 11) is 0. The van der Waals surface area contributed by atoms with Gasteiger partial charge in [-0.1, -0.05) is 17.7 Å². The Bertz CT molecular complexity index is 489. The summed E-state index contributed by atoms with van der Waals surface area (Å²) in [5.41, 5.74) is 0.613. The smallest absolute Gasteiger partial charge is 0.129 e. The van der Waals surface area contributed by atoms with Crippen LogP contribution in [-0.2, 0) is 4.74 Å². The van der Waals surface area contributed by atoms with Gasteiger partial charge in [0.1, 0.15) is 5.82 Å². The van der Waals surface area contributed by atoms with Crippen molar-refractivity contribution in [2.75, 3.05) is 32.8 Å². The van der Waals surface area contributed by atoms with E-state index in [0.29, 0.717) is 17.2 Å². The maximum atomic E-state index is 14.4. The molecule has 1 aromatic carbocycles. The quantitative estimate of drug-likeness (QED) is 0.868. The second kappa shape index (κ2) is 7.26. The number of hydrogen-bond donors (Lipinski definition) is 1. The Hall–Kier alpha value is -0.680. The van der Waals surface area contributed by atoms with E-state index in [1.165, 1.54) is 18.9 Å². The molecule has 1 aliphatic carbocycles. The van der Waals surface area contributed by atoms with Crippen molar-refractivity contribution in [1.29, 1.82) is 0 Å². The second-order valence-electron chi connectivity index (χ2n) is 6.43. The van der Waals surface area contributed by atoms with Crippen LogP contribution < -0.4 is 5.32 Å². The average Bonchev–Trinajstić information content (AvgIpc) is 3.29. The predicted octanol–water partition coefficient (Wildman–Crippen LogP) is 3.24. The lowest BCUT2D eigenvalue weighted by Gasteiger charge is -2.38. The summed E-state index contributed by atoms with van der Waals surface area (Å²) in [6.45, 7) is 6.10. The Morgan fingerprint density at radius 3 is 2.95 bits per heavy atom. The predicted molar refractivity (Wildman–Crippen MR) is 86.7 cm³/mol. The number of rotatable bonds is 6. The fourth-order valence-corrected chi connectivity index (χ4v) is 3.41. The first kappa shape index (κ1) is 16.2. The Morgan fingerprint density at radius 2 is 2.27 bits per heavy atom.